The molecule has 1 aromatic heterocycles. The first kappa shape index (κ1) is 21.5. The van der Waals surface area contributed by atoms with Crippen molar-refractivity contribution < 1.29 is 9.59 Å². The van der Waals surface area contributed by atoms with Gasteiger partial charge in [-0.05, 0) is 72.5 Å². The van der Waals surface area contributed by atoms with Crippen LogP contribution < -0.4 is 0 Å². The normalized spacial score (nSPS) is 16.9. The number of benzene rings is 2. The molecule has 0 aliphatic carbocycles. The molecule has 1 aliphatic heterocycles. The van der Waals surface area contributed by atoms with Crippen LogP contribution in [0.15, 0.2) is 47.6 Å². The van der Waals surface area contributed by atoms with Gasteiger partial charge in [-0.3, -0.25) is 14.5 Å². The van der Waals surface area contributed by atoms with Gasteiger partial charge in [0.15, 0.2) is 0 Å². The quantitative estimate of drug-likeness (QED) is 0.547. The van der Waals surface area contributed by atoms with Gasteiger partial charge in [-0.2, -0.15) is 4.68 Å². The number of amides is 2. The summed E-state index contributed by atoms with van der Waals surface area (Å²) in [5, 5.41) is 12.8. The van der Waals surface area contributed by atoms with Gasteiger partial charge in [0, 0.05) is 17.1 Å². The van der Waals surface area contributed by atoms with Crippen LogP contribution in [0.3, 0.4) is 0 Å². The van der Waals surface area contributed by atoms with Crippen LogP contribution in [0, 0.1) is 13.8 Å². The Kier molecular flexibility index (Phi) is 6.38. The predicted molar refractivity (Wildman–Crippen MR) is 120 cm³/mol. The fraction of sp³-hybridized carbons (Fsp3) is 0.318. The van der Waals surface area contributed by atoms with E-state index in [0.717, 1.165) is 29.7 Å². The highest BCUT2D eigenvalue weighted by molar-refractivity contribution is 8.00. The minimum Gasteiger partial charge on any atom is -0.278 e. The summed E-state index contributed by atoms with van der Waals surface area (Å²) >= 11 is 7.24. The number of nitrogens with zero attached hydrogens (tertiary/aromatic N) is 5. The van der Waals surface area contributed by atoms with Crippen LogP contribution in [0.4, 0.5) is 0 Å². The zero-order chi connectivity index (χ0) is 22.0. The van der Waals surface area contributed by atoms with E-state index < -0.39 is 5.25 Å². The average Bonchev–Trinajstić information content (AvgIpc) is 3.12. The van der Waals surface area contributed by atoms with Gasteiger partial charge in [0.1, 0.15) is 0 Å². The fourth-order valence-corrected chi connectivity index (χ4v) is 4.93. The number of para-hydroxylation sites is 1. The predicted octanol–water partition coefficient (Wildman–Crippen LogP) is 4.25. The summed E-state index contributed by atoms with van der Waals surface area (Å²) in [6, 6.07) is 12.6. The van der Waals surface area contributed by atoms with E-state index in [4.69, 9.17) is 11.6 Å². The molecule has 4 rings (SSSR count). The number of tetrazole rings is 1. The number of likely N-dealkylation sites (tertiary alicyclic amines) is 1. The number of aromatic nitrogens is 4. The van der Waals surface area contributed by atoms with Gasteiger partial charge in [0.05, 0.1) is 10.9 Å². The highest BCUT2D eigenvalue weighted by Crippen LogP contribution is 2.31. The molecule has 2 amide bonds. The molecule has 0 spiro atoms. The van der Waals surface area contributed by atoms with E-state index in [9.17, 15) is 9.59 Å². The van der Waals surface area contributed by atoms with Crippen LogP contribution in [0.2, 0.25) is 5.02 Å². The molecule has 31 heavy (non-hydrogen) atoms. The maximum Gasteiger partial charge on any atom is 0.260 e. The van der Waals surface area contributed by atoms with Crippen LogP contribution >= 0.6 is 23.4 Å². The van der Waals surface area contributed by atoms with Crippen LogP contribution in [0.1, 0.15) is 40.7 Å². The van der Waals surface area contributed by atoms with E-state index in [2.05, 4.69) is 15.5 Å². The smallest absolute Gasteiger partial charge is 0.260 e. The third kappa shape index (κ3) is 4.50. The van der Waals surface area contributed by atoms with E-state index in [-0.39, 0.29) is 11.8 Å². The molecule has 160 valence electrons. The Morgan fingerprint density at radius 2 is 1.81 bits per heavy atom. The average molecular weight is 456 g/mol. The summed E-state index contributed by atoms with van der Waals surface area (Å²) in [5.74, 6) is -0.512. The van der Waals surface area contributed by atoms with Gasteiger partial charge in [0.25, 0.3) is 5.91 Å². The van der Waals surface area contributed by atoms with Gasteiger partial charge in [0.2, 0.25) is 11.1 Å². The molecule has 0 saturated carbocycles. The number of carbonyl (C=O) groups excluding carboxylic acids is 2. The zero-order valence-electron chi connectivity index (χ0n) is 17.3. The summed E-state index contributed by atoms with van der Waals surface area (Å²) in [6.45, 7) is 4.41. The van der Waals surface area contributed by atoms with Crippen molar-refractivity contribution in [3.63, 3.8) is 0 Å². The Morgan fingerprint density at radius 1 is 1.10 bits per heavy atom. The van der Waals surface area contributed by atoms with Crippen molar-refractivity contribution in [1.29, 1.82) is 0 Å². The molecule has 0 bridgehead atoms. The minimum atomic E-state index is -0.437. The SMILES string of the molecule is Cc1cccc(C)c1-n1nnnc1SC1CCCCN(C(=O)c2ccc(Cl)cc2)C1=O. The maximum atomic E-state index is 13.3. The molecule has 3 aromatic rings. The molecule has 2 aromatic carbocycles. The molecule has 7 nitrogen and oxygen atoms in total. The number of thioether (sulfide) groups is 1. The first-order chi connectivity index (χ1) is 15.0. The van der Waals surface area contributed by atoms with Crippen molar-refractivity contribution in [2.24, 2.45) is 0 Å². The Morgan fingerprint density at radius 3 is 2.52 bits per heavy atom. The van der Waals surface area contributed by atoms with Crippen molar-refractivity contribution in [3.05, 3.63) is 64.2 Å². The molecule has 1 atom stereocenters. The summed E-state index contributed by atoms with van der Waals surface area (Å²) in [7, 11) is 0. The molecule has 9 heteroatoms. The van der Waals surface area contributed by atoms with Gasteiger partial charge < -0.3 is 0 Å². The van der Waals surface area contributed by atoms with Gasteiger partial charge in [-0.15, -0.1) is 5.10 Å². The summed E-state index contributed by atoms with van der Waals surface area (Å²) in [4.78, 5) is 27.7. The van der Waals surface area contributed by atoms with E-state index in [0.29, 0.717) is 28.7 Å². The molecule has 0 N–H and O–H groups in total. The monoisotopic (exact) mass is 455 g/mol. The summed E-state index contributed by atoms with van der Waals surface area (Å²) in [6.07, 6.45) is 2.27. The second-order valence-corrected chi connectivity index (χ2v) is 9.12. The first-order valence-electron chi connectivity index (χ1n) is 10.1. The second-order valence-electron chi connectivity index (χ2n) is 7.52. The number of imide groups is 1. The number of halogens is 1. The van der Waals surface area contributed by atoms with Crippen molar-refractivity contribution in [3.8, 4) is 5.69 Å². The van der Waals surface area contributed by atoms with Gasteiger partial charge in [-0.25, -0.2) is 0 Å². The van der Waals surface area contributed by atoms with Crippen molar-refractivity contribution in [1.82, 2.24) is 25.1 Å². The van der Waals surface area contributed by atoms with Crippen molar-refractivity contribution in [2.45, 2.75) is 43.5 Å². The van der Waals surface area contributed by atoms with Crippen LogP contribution in [0.25, 0.3) is 5.69 Å². The second kappa shape index (κ2) is 9.20. The van der Waals surface area contributed by atoms with Crippen LogP contribution in [-0.4, -0.2) is 48.7 Å². The maximum absolute atomic E-state index is 13.3. The molecular weight excluding hydrogens is 434 g/mol. The number of hydrogen-bond donors (Lipinski definition) is 0. The molecule has 1 aliphatic rings. The summed E-state index contributed by atoms with van der Waals surface area (Å²) < 4.78 is 1.68. The van der Waals surface area contributed by atoms with Gasteiger partial charge >= 0.3 is 0 Å². The van der Waals surface area contributed by atoms with E-state index in [1.807, 2.05) is 32.0 Å². The standard InChI is InChI=1S/C22H22ClN5O2S/c1-14-6-5-7-15(2)19(14)28-22(24-25-26-28)31-18-8-3-4-13-27(21(18)30)20(29)16-9-11-17(23)12-10-16/h5-7,9-12,18H,3-4,8,13H2,1-2H3. The first-order valence-corrected chi connectivity index (χ1v) is 11.3. The zero-order valence-corrected chi connectivity index (χ0v) is 18.9. The highest BCUT2D eigenvalue weighted by atomic mass is 35.5. The topological polar surface area (TPSA) is 81.0 Å². The lowest BCUT2D eigenvalue weighted by atomic mass is 10.1. The van der Waals surface area contributed by atoms with E-state index >= 15 is 0 Å². The molecular formula is C22H22ClN5O2S. The Hall–Kier alpha value is -2.71. The van der Waals surface area contributed by atoms with Crippen LogP contribution in [0.5, 0.6) is 0 Å². The number of carbonyl (C=O) groups is 2. The van der Waals surface area contributed by atoms with Crippen molar-refractivity contribution in [2.75, 3.05) is 6.54 Å². The number of aryl methyl sites for hydroxylation is 2. The van der Waals surface area contributed by atoms with E-state index in [1.165, 1.54) is 16.7 Å². The number of hydrogen-bond acceptors (Lipinski definition) is 6. The Balaban J connectivity index is 1.59. The molecule has 0 radical (unpaired) electrons. The molecule has 2 heterocycles. The molecule has 1 saturated heterocycles. The third-order valence-corrected chi connectivity index (χ3v) is 6.75. The fourth-order valence-electron chi connectivity index (χ4n) is 3.73. The lowest BCUT2D eigenvalue weighted by Gasteiger charge is -2.22. The van der Waals surface area contributed by atoms with E-state index in [1.54, 1.807) is 28.9 Å². The van der Waals surface area contributed by atoms with Crippen LogP contribution in [-0.2, 0) is 4.79 Å². The lowest BCUT2D eigenvalue weighted by Crippen LogP contribution is -2.41. The Bertz CT molecular complexity index is 1100. The summed E-state index contributed by atoms with van der Waals surface area (Å²) in [5.41, 5.74) is 3.44. The lowest BCUT2D eigenvalue weighted by molar-refractivity contribution is -0.127. The number of rotatable bonds is 4. The minimum absolute atomic E-state index is 0.210. The highest BCUT2D eigenvalue weighted by Gasteiger charge is 2.33. The molecule has 1 fully saturated rings. The van der Waals surface area contributed by atoms with Crippen molar-refractivity contribution >= 4 is 35.2 Å². The van der Waals surface area contributed by atoms with Gasteiger partial charge in [-0.1, -0.05) is 48.0 Å². The largest absolute Gasteiger partial charge is 0.278 e. The Labute approximate surface area is 189 Å². The molecule has 1 unspecified atom stereocenters. The third-order valence-electron chi connectivity index (χ3n) is 5.32.